The molecule has 1 heterocycles. The zero-order chi connectivity index (χ0) is 19.5. The maximum atomic E-state index is 13.2. The predicted molar refractivity (Wildman–Crippen MR) is 113 cm³/mol. The fourth-order valence-corrected chi connectivity index (χ4v) is 4.28. The topological polar surface area (TPSA) is 37.4 Å². The van der Waals surface area contributed by atoms with Crippen LogP contribution in [0.5, 0.6) is 0 Å². The van der Waals surface area contributed by atoms with Crippen molar-refractivity contribution in [3.8, 4) is 0 Å². The monoisotopic (exact) mass is 405 g/mol. The van der Waals surface area contributed by atoms with Gasteiger partial charge in [-0.15, -0.1) is 0 Å². The van der Waals surface area contributed by atoms with Gasteiger partial charge in [0.2, 0.25) is 0 Å². The number of nitrogens with zero attached hydrogens (tertiary/aromatic N) is 1. The molecule has 138 valence electrons. The highest BCUT2D eigenvalue weighted by atomic mass is 35.5. The number of amides is 2. The second-order valence-corrected chi connectivity index (χ2v) is 7.76. The summed E-state index contributed by atoms with van der Waals surface area (Å²) >= 11 is 7.57. The van der Waals surface area contributed by atoms with Crippen LogP contribution in [0.2, 0.25) is 5.02 Å². The Balaban J connectivity index is 1.74. The Kier molecular flexibility index (Phi) is 5.33. The fourth-order valence-electron chi connectivity index (χ4n) is 3.05. The molecule has 0 atom stereocenters. The highest BCUT2D eigenvalue weighted by Gasteiger charge is 2.39. The van der Waals surface area contributed by atoms with E-state index in [9.17, 15) is 9.59 Å². The van der Waals surface area contributed by atoms with Gasteiger partial charge in [-0.1, -0.05) is 90.1 Å². The number of benzene rings is 3. The fraction of sp³-hybridized carbons (Fsp3) is 0.0435. The van der Waals surface area contributed by atoms with Gasteiger partial charge < -0.3 is 0 Å². The molecule has 2 amide bonds. The second kappa shape index (κ2) is 8.05. The van der Waals surface area contributed by atoms with Gasteiger partial charge in [0.1, 0.15) is 0 Å². The van der Waals surface area contributed by atoms with E-state index in [4.69, 9.17) is 11.6 Å². The SMILES string of the molecule is O=C1C(Sc2ccccc2)=C(c2ccccc2)C(=O)N1Cc1ccccc1Cl. The molecule has 28 heavy (non-hydrogen) atoms. The van der Waals surface area contributed by atoms with Crippen LogP contribution in [0.25, 0.3) is 5.57 Å². The first-order valence-corrected chi connectivity index (χ1v) is 9.97. The first-order chi connectivity index (χ1) is 13.6. The molecule has 5 heteroatoms. The van der Waals surface area contributed by atoms with Gasteiger partial charge in [0, 0.05) is 9.92 Å². The first kappa shape index (κ1) is 18.5. The van der Waals surface area contributed by atoms with Crippen LogP contribution >= 0.6 is 23.4 Å². The molecular formula is C23H16ClNO2S. The number of rotatable bonds is 5. The summed E-state index contributed by atoms with van der Waals surface area (Å²) < 4.78 is 0. The lowest BCUT2D eigenvalue weighted by atomic mass is 10.1. The Hall–Kier alpha value is -2.82. The van der Waals surface area contributed by atoms with Gasteiger partial charge >= 0.3 is 0 Å². The van der Waals surface area contributed by atoms with Crippen LogP contribution in [0.15, 0.2) is 94.7 Å². The number of carbonyl (C=O) groups excluding carboxylic acids is 2. The van der Waals surface area contributed by atoms with E-state index in [1.54, 1.807) is 6.07 Å². The van der Waals surface area contributed by atoms with Crippen LogP contribution in [-0.2, 0) is 16.1 Å². The summed E-state index contributed by atoms with van der Waals surface area (Å²) in [6.07, 6.45) is 0. The molecule has 0 spiro atoms. The van der Waals surface area contributed by atoms with Crippen molar-refractivity contribution >= 4 is 40.8 Å². The van der Waals surface area contributed by atoms with Crippen LogP contribution in [0.4, 0.5) is 0 Å². The third-order valence-electron chi connectivity index (χ3n) is 4.44. The van der Waals surface area contributed by atoms with E-state index in [0.29, 0.717) is 15.5 Å². The van der Waals surface area contributed by atoms with Crippen molar-refractivity contribution in [2.75, 3.05) is 0 Å². The molecule has 0 fully saturated rings. The Bertz CT molecular complexity index is 1060. The van der Waals surface area contributed by atoms with E-state index in [-0.39, 0.29) is 18.4 Å². The van der Waals surface area contributed by atoms with E-state index in [0.717, 1.165) is 16.0 Å². The van der Waals surface area contributed by atoms with Crippen molar-refractivity contribution in [1.29, 1.82) is 0 Å². The summed E-state index contributed by atoms with van der Waals surface area (Å²) in [4.78, 5) is 29.0. The van der Waals surface area contributed by atoms with E-state index in [1.165, 1.54) is 16.7 Å². The van der Waals surface area contributed by atoms with Gasteiger partial charge in [-0.2, -0.15) is 0 Å². The molecule has 0 aliphatic carbocycles. The van der Waals surface area contributed by atoms with E-state index >= 15 is 0 Å². The normalized spacial score (nSPS) is 14.1. The van der Waals surface area contributed by atoms with Gasteiger partial charge in [0.05, 0.1) is 17.0 Å². The van der Waals surface area contributed by atoms with E-state index < -0.39 is 0 Å². The summed E-state index contributed by atoms with van der Waals surface area (Å²) in [6, 6.07) is 26.2. The molecule has 3 aromatic carbocycles. The van der Waals surface area contributed by atoms with Gasteiger partial charge in [0.25, 0.3) is 11.8 Å². The molecule has 0 saturated heterocycles. The maximum Gasteiger partial charge on any atom is 0.268 e. The van der Waals surface area contributed by atoms with Crippen molar-refractivity contribution in [1.82, 2.24) is 4.90 Å². The van der Waals surface area contributed by atoms with Crippen LogP contribution < -0.4 is 0 Å². The molecule has 1 aliphatic heterocycles. The molecule has 0 saturated carbocycles. The zero-order valence-corrected chi connectivity index (χ0v) is 16.4. The number of carbonyl (C=O) groups is 2. The number of imide groups is 1. The van der Waals surface area contributed by atoms with Gasteiger partial charge in [-0.25, -0.2) is 0 Å². The summed E-state index contributed by atoms with van der Waals surface area (Å²) in [5.74, 6) is -0.591. The smallest absolute Gasteiger partial charge is 0.268 e. The van der Waals surface area contributed by atoms with Crippen molar-refractivity contribution < 1.29 is 9.59 Å². The van der Waals surface area contributed by atoms with Crippen molar-refractivity contribution in [3.05, 3.63) is 106 Å². The molecule has 0 aromatic heterocycles. The Morgan fingerprint density at radius 2 is 1.36 bits per heavy atom. The third kappa shape index (κ3) is 3.61. The van der Waals surface area contributed by atoms with Crippen molar-refractivity contribution in [3.63, 3.8) is 0 Å². The molecule has 4 rings (SSSR count). The van der Waals surface area contributed by atoms with E-state index in [2.05, 4.69) is 0 Å². The number of hydrogen-bond donors (Lipinski definition) is 0. The van der Waals surface area contributed by atoms with Crippen LogP contribution in [0.3, 0.4) is 0 Å². The highest BCUT2D eigenvalue weighted by Crippen LogP contribution is 2.40. The number of hydrogen-bond acceptors (Lipinski definition) is 3. The Morgan fingerprint density at radius 1 is 0.750 bits per heavy atom. The van der Waals surface area contributed by atoms with Crippen LogP contribution in [0, 0.1) is 0 Å². The lowest BCUT2D eigenvalue weighted by Crippen LogP contribution is -2.31. The second-order valence-electron chi connectivity index (χ2n) is 6.27. The molecule has 0 N–H and O–H groups in total. The standard InChI is InChI=1S/C23H16ClNO2S/c24-19-14-8-7-11-17(19)15-25-22(26)20(16-9-3-1-4-10-16)21(23(25)27)28-18-12-5-2-6-13-18/h1-14H,15H2. The maximum absolute atomic E-state index is 13.2. The minimum Gasteiger partial charge on any atom is -0.269 e. The quantitative estimate of drug-likeness (QED) is 0.532. The van der Waals surface area contributed by atoms with Crippen LogP contribution in [0.1, 0.15) is 11.1 Å². The zero-order valence-electron chi connectivity index (χ0n) is 14.8. The van der Waals surface area contributed by atoms with Gasteiger partial charge in [-0.05, 0) is 29.3 Å². The minimum atomic E-state index is -0.297. The molecule has 0 unspecified atom stereocenters. The summed E-state index contributed by atoms with van der Waals surface area (Å²) in [5, 5.41) is 0.536. The molecule has 1 aliphatic rings. The largest absolute Gasteiger partial charge is 0.269 e. The Morgan fingerprint density at radius 3 is 2.04 bits per heavy atom. The lowest BCUT2D eigenvalue weighted by molar-refractivity contribution is -0.137. The van der Waals surface area contributed by atoms with Crippen molar-refractivity contribution in [2.45, 2.75) is 11.4 Å². The number of thioether (sulfide) groups is 1. The lowest BCUT2D eigenvalue weighted by Gasteiger charge is -2.16. The number of halogens is 1. The third-order valence-corrected chi connectivity index (χ3v) is 5.90. The van der Waals surface area contributed by atoms with E-state index in [1.807, 2.05) is 78.9 Å². The predicted octanol–water partition coefficient (Wildman–Crippen LogP) is 5.41. The van der Waals surface area contributed by atoms with Crippen molar-refractivity contribution in [2.24, 2.45) is 0 Å². The minimum absolute atomic E-state index is 0.145. The highest BCUT2D eigenvalue weighted by molar-refractivity contribution is 8.04. The molecular weight excluding hydrogens is 390 g/mol. The van der Waals surface area contributed by atoms with Gasteiger partial charge in [0.15, 0.2) is 0 Å². The molecule has 0 radical (unpaired) electrons. The molecule has 0 bridgehead atoms. The summed E-state index contributed by atoms with van der Waals surface area (Å²) in [7, 11) is 0. The average molecular weight is 406 g/mol. The summed E-state index contributed by atoms with van der Waals surface area (Å²) in [5.41, 5.74) is 1.91. The van der Waals surface area contributed by atoms with Gasteiger partial charge in [-0.3, -0.25) is 14.5 Å². The Labute approximate surface area is 172 Å². The summed E-state index contributed by atoms with van der Waals surface area (Å²) in [6.45, 7) is 0.145. The first-order valence-electron chi connectivity index (χ1n) is 8.77. The average Bonchev–Trinajstić information content (AvgIpc) is 2.95. The molecule has 3 nitrogen and oxygen atoms in total. The van der Waals surface area contributed by atoms with Crippen LogP contribution in [-0.4, -0.2) is 16.7 Å². The molecule has 3 aromatic rings.